The highest BCUT2D eigenvalue weighted by molar-refractivity contribution is 5.96. The van der Waals surface area contributed by atoms with Gasteiger partial charge in [0.2, 0.25) is 0 Å². The zero-order valence-corrected chi connectivity index (χ0v) is 11.1. The summed E-state index contributed by atoms with van der Waals surface area (Å²) < 4.78 is 4.95. The Hall–Kier alpha value is -2.11. The average molecular weight is 266 g/mol. The molecule has 0 saturated heterocycles. The molecule has 0 atom stereocenters. The second-order valence-electron chi connectivity index (χ2n) is 3.93. The van der Waals surface area contributed by atoms with E-state index in [0.717, 1.165) is 6.42 Å². The molecule has 0 amide bonds. The van der Waals surface area contributed by atoms with Gasteiger partial charge in [-0.05, 0) is 19.4 Å². The molecule has 1 heterocycles. The number of carboxylic acids is 1. The molecule has 0 fully saturated rings. The molecule has 0 aliphatic carbocycles. The molecule has 1 rings (SSSR count). The van der Waals surface area contributed by atoms with Gasteiger partial charge in [0.25, 0.3) is 0 Å². The van der Waals surface area contributed by atoms with Crippen LogP contribution in [0.15, 0.2) is 18.5 Å². The Morgan fingerprint density at radius 2 is 2.16 bits per heavy atom. The van der Waals surface area contributed by atoms with Gasteiger partial charge in [-0.15, -0.1) is 0 Å². The lowest BCUT2D eigenvalue weighted by Gasteiger charge is -2.23. The molecule has 0 aliphatic rings. The SMILES string of the molecule is CCCN(CC(=O)O)c1ccncc1C(=O)OCC. The van der Waals surface area contributed by atoms with E-state index < -0.39 is 11.9 Å². The number of hydrogen-bond acceptors (Lipinski definition) is 5. The van der Waals surface area contributed by atoms with Crippen LogP contribution < -0.4 is 4.90 Å². The number of aliphatic carboxylic acids is 1. The molecule has 1 N–H and O–H groups in total. The normalized spacial score (nSPS) is 10.0. The summed E-state index contributed by atoms with van der Waals surface area (Å²) in [6, 6.07) is 1.63. The van der Waals surface area contributed by atoms with Crippen LogP contribution in [0.3, 0.4) is 0 Å². The number of pyridine rings is 1. The predicted molar refractivity (Wildman–Crippen MR) is 70.3 cm³/mol. The van der Waals surface area contributed by atoms with Gasteiger partial charge in [-0.25, -0.2) is 4.79 Å². The van der Waals surface area contributed by atoms with Crippen LogP contribution in [0.5, 0.6) is 0 Å². The molecule has 0 aromatic carbocycles. The highest BCUT2D eigenvalue weighted by atomic mass is 16.5. The predicted octanol–water partition coefficient (Wildman–Crippen LogP) is 1.56. The number of anilines is 1. The number of carbonyl (C=O) groups is 2. The van der Waals surface area contributed by atoms with E-state index in [1.165, 1.54) is 12.4 Å². The maximum absolute atomic E-state index is 11.8. The van der Waals surface area contributed by atoms with E-state index in [9.17, 15) is 9.59 Å². The lowest BCUT2D eigenvalue weighted by atomic mass is 10.2. The average Bonchev–Trinajstić information content (AvgIpc) is 2.38. The Labute approximate surface area is 112 Å². The summed E-state index contributed by atoms with van der Waals surface area (Å²) in [6.45, 7) is 4.31. The standard InChI is InChI=1S/C13H18N2O4/c1-3-7-15(9-12(16)17)11-5-6-14-8-10(11)13(18)19-4-2/h5-6,8H,3-4,7,9H2,1-2H3,(H,16,17). The minimum atomic E-state index is -0.944. The molecule has 1 aromatic rings. The maximum Gasteiger partial charge on any atom is 0.341 e. The summed E-state index contributed by atoms with van der Waals surface area (Å²) in [7, 11) is 0. The quantitative estimate of drug-likeness (QED) is 0.754. The Morgan fingerprint density at radius 1 is 1.42 bits per heavy atom. The van der Waals surface area contributed by atoms with Crippen LogP contribution >= 0.6 is 0 Å². The van der Waals surface area contributed by atoms with Crippen molar-refractivity contribution in [1.29, 1.82) is 0 Å². The van der Waals surface area contributed by atoms with E-state index in [1.54, 1.807) is 17.9 Å². The van der Waals surface area contributed by atoms with Gasteiger partial charge in [0.1, 0.15) is 12.1 Å². The third kappa shape index (κ3) is 4.24. The molecule has 0 radical (unpaired) electrons. The van der Waals surface area contributed by atoms with Gasteiger partial charge < -0.3 is 14.7 Å². The monoisotopic (exact) mass is 266 g/mol. The van der Waals surface area contributed by atoms with E-state index in [2.05, 4.69) is 4.98 Å². The van der Waals surface area contributed by atoms with E-state index >= 15 is 0 Å². The van der Waals surface area contributed by atoms with Crippen molar-refractivity contribution in [1.82, 2.24) is 4.98 Å². The minimum absolute atomic E-state index is 0.162. The Kier molecular flexibility index (Phi) is 5.78. The Morgan fingerprint density at radius 3 is 2.74 bits per heavy atom. The first-order valence-electron chi connectivity index (χ1n) is 6.18. The van der Waals surface area contributed by atoms with Crippen molar-refractivity contribution in [2.45, 2.75) is 20.3 Å². The van der Waals surface area contributed by atoms with Crippen molar-refractivity contribution >= 4 is 17.6 Å². The third-order valence-electron chi connectivity index (χ3n) is 2.45. The summed E-state index contributed by atoms with van der Waals surface area (Å²) in [5.74, 6) is -1.43. The van der Waals surface area contributed by atoms with Gasteiger partial charge in [-0.1, -0.05) is 6.92 Å². The summed E-state index contributed by atoms with van der Waals surface area (Å²) in [6.07, 6.45) is 3.71. The number of hydrogen-bond donors (Lipinski definition) is 1. The number of ether oxygens (including phenoxy) is 1. The van der Waals surface area contributed by atoms with Gasteiger partial charge in [-0.3, -0.25) is 9.78 Å². The van der Waals surface area contributed by atoms with Gasteiger partial charge in [0.05, 0.1) is 12.3 Å². The molecule has 19 heavy (non-hydrogen) atoms. The van der Waals surface area contributed by atoms with Crippen LogP contribution in [0.1, 0.15) is 30.6 Å². The molecule has 1 aromatic heterocycles. The van der Waals surface area contributed by atoms with Gasteiger partial charge >= 0.3 is 11.9 Å². The maximum atomic E-state index is 11.8. The zero-order chi connectivity index (χ0) is 14.3. The highest BCUT2D eigenvalue weighted by Gasteiger charge is 2.18. The summed E-state index contributed by atoms with van der Waals surface area (Å²) in [5, 5.41) is 8.93. The first-order valence-corrected chi connectivity index (χ1v) is 6.18. The second-order valence-corrected chi connectivity index (χ2v) is 3.93. The van der Waals surface area contributed by atoms with Crippen LogP contribution in [0.2, 0.25) is 0 Å². The fourth-order valence-electron chi connectivity index (χ4n) is 1.75. The molecule has 0 aliphatic heterocycles. The van der Waals surface area contributed by atoms with Crippen molar-refractivity contribution in [3.63, 3.8) is 0 Å². The zero-order valence-electron chi connectivity index (χ0n) is 11.1. The van der Waals surface area contributed by atoms with Crippen molar-refractivity contribution < 1.29 is 19.4 Å². The van der Waals surface area contributed by atoms with Gasteiger partial charge in [0.15, 0.2) is 0 Å². The number of nitrogens with zero attached hydrogens (tertiary/aromatic N) is 2. The lowest BCUT2D eigenvalue weighted by molar-refractivity contribution is -0.135. The molecule has 6 heteroatoms. The van der Waals surface area contributed by atoms with E-state index in [0.29, 0.717) is 17.8 Å². The number of esters is 1. The fraction of sp³-hybridized carbons (Fsp3) is 0.462. The molecular weight excluding hydrogens is 248 g/mol. The highest BCUT2D eigenvalue weighted by Crippen LogP contribution is 2.20. The number of carbonyl (C=O) groups excluding carboxylic acids is 1. The van der Waals surface area contributed by atoms with Crippen LogP contribution in [-0.2, 0) is 9.53 Å². The Bertz CT molecular complexity index is 448. The van der Waals surface area contributed by atoms with Crippen molar-refractivity contribution in [3.8, 4) is 0 Å². The molecule has 0 saturated carbocycles. The fourth-order valence-corrected chi connectivity index (χ4v) is 1.75. The van der Waals surface area contributed by atoms with Crippen molar-refractivity contribution in [2.24, 2.45) is 0 Å². The van der Waals surface area contributed by atoms with Crippen LogP contribution in [0.25, 0.3) is 0 Å². The molecule has 0 unspecified atom stereocenters. The van der Waals surface area contributed by atoms with Gasteiger partial charge in [0, 0.05) is 18.9 Å². The second kappa shape index (κ2) is 7.35. The molecule has 6 nitrogen and oxygen atoms in total. The number of carboxylic acid groups (broad SMARTS) is 1. The lowest BCUT2D eigenvalue weighted by Crippen LogP contribution is -2.32. The topological polar surface area (TPSA) is 79.7 Å². The first-order chi connectivity index (χ1) is 9.10. The number of aromatic nitrogens is 1. The summed E-state index contributed by atoms with van der Waals surface area (Å²) >= 11 is 0. The van der Waals surface area contributed by atoms with E-state index in [1.807, 2.05) is 6.92 Å². The summed E-state index contributed by atoms with van der Waals surface area (Å²) in [5.41, 5.74) is 0.830. The van der Waals surface area contributed by atoms with Gasteiger partial charge in [-0.2, -0.15) is 0 Å². The first kappa shape index (κ1) is 14.9. The Balaban J connectivity index is 3.07. The van der Waals surface area contributed by atoms with Crippen LogP contribution in [0.4, 0.5) is 5.69 Å². The molecule has 0 spiro atoms. The van der Waals surface area contributed by atoms with Crippen LogP contribution in [-0.4, -0.2) is 41.7 Å². The van der Waals surface area contributed by atoms with E-state index in [-0.39, 0.29) is 13.2 Å². The largest absolute Gasteiger partial charge is 0.480 e. The smallest absolute Gasteiger partial charge is 0.341 e. The molecule has 0 bridgehead atoms. The van der Waals surface area contributed by atoms with Crippen molar-refractivity contribution in [2.75, 3.05) is 24.6 Å². The molecular formula is C13H18N2O4. The number of rotatable bonds is 7. The third-order valence-corrected chi connectivity index (χ3v) is 2.45. The minimum Gasteiger partial charge on any atom is -0.480 e. The van der Waals surface area contributed by atoms with Crippen LogP contribution in [0, 0.1) is 0 Å². The van der Waals surface area contributed by atoms with Crippen molar-refractivity contribution in [3.05, 3.63) is 24.0 Å². The van der Waals surface area contributed by atoms with E-state index in [4.69, 9.17) is 9.84 Å². The summed E-state index contributed by atoms with van der Waals surface area (Å²) in [4.78, 5) is 28.2. The molecule has 104 valence electrons.